The van der Waals surface area contributed by atoms with E-state index >= 15 is 0 Å². The first kappa shape index (κ1) is 10.4. The SMILES string of the molecule is COc1ccc[c]c1C(=O)c1ccncc1. The first-order chi connectivity index (χ1) is 7.83. The number of carbonyl (C=O) groups excluding carboxylic acids is 1. The number of carbonyl (C=O) groups is 1. The van der Waals surface area contributed by atoms with Crippen molar-refractivity contribution in [2.24, 2.45) is 0 Å². The Hall–Kier alpha value is -2.16. The van der Waals surface area contributed by atoms with Crippen LogP contribution in [-0.4, -0.2) is 17.9 Å². The van der Waals surface area contributed by atoms with Crippen LogP contribution in [0.1, 0.15) is 15.9 Å². The first-order valence-electron chi connectivity index (χ1n) is 4.82. The van der Waals surface area contributed by atoms with Crippen LogP contribution in [0.25, 0.3) is 0 Å². The van der Waals surface area contributed by atoms with Crippen LogP contribution in [0.2, 0.25) is 0 Å². The second-order valence-electron chi connectivity index (χ2n) is 3.18. The molecule has 1 aromatic heterocycles. The van der Waals surface area contributed by atoms with Gasteiger partial charge in [-0.05, 0) is 24.3 Å². The highest BCUT2D eigenvalue weighted by atomic mass is 16.5. The van der Waals surface area contributed by atoms with Crippen molar-refractivity contribution in [1.29, 1.82) is 0 Å². The van der Waals surface area contributed by atoms with Crippen LogP contribution in [0, 0.1) is 6.07 Å². The van der Waals surface area contributed by atoms with Gasteiger partial charge < -0.3 is 4.74 Å². The molecule has 3 heteroatoms. The van der Waals surface area contributed by atoms with Crippen molar-refractivity contribution >= 4 is 5.78 Å². The minimum Gasteiger partial charge on any atom is -0.496 e. The largest absolute Gasteiger partial charge is 0.496 e. The van der Waals surface area contributed by atoms with Crippen LogP contribution < -0.4 is 4.74 Å². The molecule has 0 aliphatic heterocycles. The van der Waals surface area contributed by atoms with Gasteiger partial charge in [-0.3, -0.25) is 9.78 Å². The number of hydrogen-bond acceptors (Lipinski definition) is 3. The zero-order chi connectivity index (χ0) is 11.4. The average Bonchev–Trinajstić information content (AvgIpc) is 2.39. The van der Waals surface area contributed by atoms with Gasteiger partial charge >= 0.3 is 0 Å². The summed E-state index contributed by atoms with van der Waals surface area (Å²) in [7, 11) is 1.53. The molecule has 2 rings (SSSR count). The maximum atomic E-state index is 12.1. The lowest BCUT2D eigenvalue weighted by molar-refractivity contribution is 0.103. The van der Waals surface area contributed by atoms with E-state index in [0.717, 1.165) is 0 Å². The zero-order valence-electron chi connectivity index (χ0n) is 8.81. The molecule has 0 N–H and O–H groups in total. The quantitative estimate of drug-likeness (QED) is 0.731. The van der Waals surface area contributed by atoms with Gasteiger partial charge in [-0.25, -0.2) is 0 Å². The van der Waals surface area contributed by atoms with Crippen LogP contribution in [0.5, 0.6) is 5.75 Å². The molecule has 1 heterocycles. The fourth-order valence-electron chi connectivity index (χ4n) is 1.42. The molecule has 0 aliphatic carbocycles. The van der Waals surface area contributed by atoms with Gasteiger partial charge in [0.1, 0.15) is 5.75 Å². The summed E-state index contributed by atoms with van der Waals surface area (Å²) in [6.07, 6.45) is 3.17. The van der Waals surface area contributed by atoms with E-state index in [1.807, 2.05) is 0 Å². The van der Waals surface area contributed by atoms with Gasteiger partial charge in [-0.1, -0.05) is 12.1 Å². The third-order valence-corrected chi connectivity index (χ3v) is 2.21. The van der Waals surface area contributed by atoms with Gasteiger partial charge in [0.15, 0.2) is 5.78 Å². The van der Waals surface area contributed by atoms with Gasteiger partial charge in [-0.2, -0.15) is 0 Å². The Balaban J connectivity index is 2.42. The van der Waals surface area contributed by atoms with Gasteiger partial charge in [0.05, 0.1) is 12.7 Å². The third-order valence-electron chi connectivity index (χ3n) is 2.21. The number of pyridine rings is 1. The number of methoxy groups -OCH3 is 1. The van der Waals surface area contributed by atoms with Crippen LogP contribution in [0.15, 0.2) is 42.7 Å². The van der Waals surface area contributed by atoms with E-state index in [1.54, 1.807) is 42.7 Å². The van der Waals surface area contributed by atoms with E-state index in [4.69, 9.17) is 4.74 Å². The fraction of sp³-hybridized carbons (Fsp3) is 0.0769. The highest BCUT2D eigenvalue weighted by molar-refractivity contribution is 6.10. The normalized spacial score (nSPS) is 9.81. The minimum atomic E-state index is -0.111. The summed E-state index contributed by atoms with van der Waals surface area (Å²) in [6, 6.07) is 11.4. The molecule has 0 spiro atoms. The number of aromatic nitrogens is 1. The van der Waals surface area contributed by atoms with Crippen molar-refractivity contribution < 1.29 is 9.53 Å². The fourth-order valence-corrected chi connectivity index (χ4v) is 1.42. The lowest BCUT2D eigenvalue weighted by Crippen LogP contribution is -2.03. The maximum absolute atomic E-state index is 12.1. The van der Waals surface area contributed by atoms with Crippen molar-refractivity contribution in [2.75, 3.05) is 7.11 Å². The van der Waals surface area contributed by atoms with Crippen molar-refractivity contribution in [3.8, 4) is 5.75 Å². The third kappa shape index (κ3) is 1.93. The topological polar surface area (TPSA) is 39.2 Å². The first-order valence-corrected chi connectivity index (χ1v) is 4.82. The van der Waals surface area contributed by atoms with E-state index in [-0.39, 0.29) is 5.78 Å². The number of rotatable bonds is 3. The Labute approximate surface area is 93.7 Å². The molecule has 0 unspecified atom stereocenters. The Bertz CT molecular complexity index is 494. The van der Waals surface area contributed by atoms with Crippen molar-refractivity contribution in [2.45, 2.75) is 0 Å². The molecule has 1 radical (unpaired) electrons. The summed E-state index contributed by atoms with van der Waals surface area (Å²) >= 11 is 0. The predicted molar refractivity (Wildman–Crippen MR) is 59.5 cm³/mol. The molecule has 2 aromatic rings. The summed E-state index contributed by atoms with van der Waals surface area (Å²) in [5.74, 6) is 0.421. The number of benzene rings is 1. The Kier molecular flexibility index (Phi) is 2.96. The van der Waals surface area contributed by atoms with Crippen LogP contribution in [0.3, 0.4) is 0 Å². The van der Waals surface area contributed by atoms with Crippen molar-refractivity contribution in [1.82, 2.24) is 4.98 Å². The molecule has 0 atom stereocenters. The molecule has 0 bridgehead atoms. The minimum absolute atomic E-state index is 0.111. The maximum Gasteiger partial charge on any atom is 0.197 e. The van der Waals surface area contributed by atoms with Gasteiger partial charge in [0.2, 0.25) is 0 Å². The van der Waals surface area contributed by atoms with Crippen LogP contribution >= 0.6 is 0 Å². The summed E-state index contributed by atoms with van der Waals surface area (Å²) in [5.41, 5.74) is 1.02. The molecule has 3 nitrogen and oxygen atoms in total. The zero-order valence-corrected chi connectivity index (χ0v) is 8.81. The Morgan fingerprint density at radius 2 is 2.06 bits per heavy atom. The van der Waals surface area contributed by atoms with Crippen LogP contribution in [0.4, 0.5) is 0 Å². The average molecular weight is 212 g/mol. The lowest BCUT2D eigenvalue weighted by atomic mass is 10.0. The van der Waals surface area contributed by atoms with E-state index in [1.165, 1.54) is 7.11 Å². The molecule has 0 saturated carbocycles. The molecular weight excluding hydrogens is 202 g/mol. The molecule has 0 fully saturated rings. The molecule has 1 aromatic carbocycles. The smallest absolute Gasteiger partial charge is 0.197 e. The summed E-state index contributed by atoms with van der Waals surface area (Å²) in [5, 5.41) is 0. The summed E-state index contributed by atoms with van der Waals surface area (Å²) in [4.78, 5) is 16.0. The van der Waals surface area contributed by atoms with Gasteiger partial charge in [0.25, 0.3) is 0 Å². The van der Waals surface area contributed by atoms with Crippen molar-refractivity contribution in [3.05, 3.63) is 59.9 Å². The van der Waals surface area contributed by atoms with E-state index < -0.39 is 0 Å². The highest BCUT2D eigenvalue weighted by Gasteiger charge is 2.13. The molecule has 79 valence electrons. The number of nitrogens with zero attached hydrogens (tertiary/aromatic N) is 1. The number of ketones is 1. The van der Waals surface area contributed by atoms with Gasteiger partial charge in [0, 0.05) is 18.0 Å². The monoisotopic (exact) mass is 212 g/mol. The van der Waals surface area contributed by atoms with E-state index in [9.17, 15) is 4.79 Å². The second-order valence-corrected chi connectivity index (χ2v) is 3.18. The lowest BCUT2D eigenvalue weighted by Gasteiger charge is -2.06. The molecular formula is C13H10NO2. The predicted octanol–water partition coefficient (Wildman–Crippen LogP) is 2.12. The standard InChI is InChI=1S/C13H10NO2/c1-16-12-5-3-2-4-11(12)13(15)10-6-8-14-9-7-10/h2-3,5-9H,1H3. The van der Waals surface area contributed by atoms with Crippen molar-refractivity contribution in [3.63, 3.8) is 0 Å². The molecule has 0 amide bonds. The summed E-state index contributed by atoms with van der Waals surface area (Å²) in [6.45, 7) is 0. The van der Waals surface area contributed by atoms with Gasteiger partial charge in [-0.15, -0.1) is 0 Å². The van der Waals surface area contributed by atoms with E-state index in [2.05, 4.69) is 11.1 Å². The number of ether oxygens (including phenoxy) is 1. The molecule has 16 heavy (non-hydrogen) atoms. The molecule has 0 saturated heterocycles. The molecule has 0 aliphatic rings. The number of hydrogen-bond donors (Lipinski definition) is 0. The Morgan fingerprint density at radius 3 is 2.75 bits per heavy atom. The Morgan fingerprint density at radius 1 is 1.31 bits per heavy atom. The van der Waals surface area contributed by atoms with E-state index in [0.29, 0.717) is 16.9 Å². The second kappa shape index (κ2) is 4.57. The van der Waals surface area contributed by atoms with Crippen LogP contribution in [-0.2, 0) is 0 Å². The summed E-state index contributed by atoms with van der Waals surface area (Å²) < 4.78 is 5.12. The highest BCUT2D eigenvalue weighted by Crippen LogP contribution is 2.20.